The molecule has 0 atom stereocenters. The predicted octanol–water partition coefficient (Wildman–Crippen LogP) is 2.53. The molecule has 0 aliphatic heterocycles. The topological polar surface area (TPSA) is 44.9 Å². The first-order chi connectivity index (χ1) is 9.15. The number of nitrogens with one attached hydrogen (secondary N) is 2. The van der Waals surface area contributed by atoms with Crippen LogP contribution in [0.5, 0.6) is 0 Å². The molecule has 1 aromatic carbocycles. The van der Waals surface area contributed by atoms with Gasteiger partial charge >= 0.3 is 0 Å². The third-order valence-corrected chi connectivity index (χ3v) is 3.23. The Morgan fingerprint density at radius 2 is 2.05 bits per heavy atom. The number of carbonyl (C=O) groups is 1. The van der Waals surface area contributed by atoms with Gasteiger partial charge < -0.3 is 10.3 Å². The van der Waals surface area contributed by atoms with Crippen molar-refractivity contribution in [3.8, 4) is 0 Å². The zero-order valence-corrected chi connectivity index (χ0v) is 11.5. The van der Waals surface area contributed by atoms with E-state index in [1.54, 1.807) is 0 Å². The highest BCUT2D eigenvalue weighted by Crippen LogP contribution is 2.07. The molecule has 0 fully saturated rings. The molecule has 3 heteroatoms. The van der Waals surface area contributed by atoms with E-state index in [1.807, 2.05) is 31.3 Å². The van der Waals surface area contributed by atoms with Crippen molar-refractivity contribution < 1.29 is 4.79 Å². The lowest BCUT2D eigenvalue weighted by atomic mass is 10.1. The summed E-state index contributed by atoms with van der Waals surface area (Å²) in [5.74, 6) is 0.0765. The summed E-state index contributed by atoms with van der Waals surface area (Å²) in [7, 11) is 0. The summed E-state index contributed by atoms with van der Waals surface area (Å²) >= 11 is 0. The van der Waals surface area contributed by atoms with E-state index in [1.165, 1.54) is 11.1 Å². The number of hydrogen-bond donors (Lipinski definition) is 2. The Bertz CT molecular complexity index is 557. The molecule has 0 saturated heterocycles. The van der Waals surface area contributed by atoms with Crippen molar-refractivity contribution in [2.24, 2.45) is 0 Å². The van der Waals surface area contributed by atoms with Gasteiger partial charge in [0.25, 0.3) is 0 Å². The minimum atomic E-state index is 0.0765. The fraction of sp³-hybridized carbons (Fsp3) is 0.312. The second kappa shape index (κ2) is 6.23. The SMILES string of the molecule is Cc1cc(CC(=O)NCCc2ccccc2C)c[nH]1. The summed E-state index contributed by atoms with van der Waals surface area (Å²) in [6, 6.07) is 10.3. The van der Waals surface area contributed by atoms with Gasteiger partial charge in [-0.05, 0) is 43.0 Å². The molecular weight excluding hydrogens is 236 g/mol. The first kappa shape index (κ1) is 13.4. The van der Waals surface area contributed by atoms with Crippen molar-refractivity contribution >= 4 is 5.91 Å². The van der Waals surface area contributed by atoms with Crippen LogP contribution in [0.1, 0.15) is 22.4 Å². The van der Waals surface area contributed by atoms with E-state index in [9.17, 15) is 4.79 Å². The van der Waals surface area contributed by atoms with E-state index < -0.39 is 0 Å². The number of carbonyl (C=O) groups excluding carboxylic acids is 1. The van der Waals surface area contributed by atoms with Crippen LogP contribution in [0.25, 0.3) is 0 Å². The Kier molecular flexibility index (Phi) is 4.39. The lowest BCUT2D eigenvalue weighted by molar-refractivity contribution is -0.120. The van der Waals surface area contributed by atoms with Gasteiger partial charge in [-0.25, -0.2) is 0 Å². The molecule has 0 radical (unpaired) electrons. The van der Waals surface area contributed by atoms with Crippen LogP contribution < -0.4 is 5.32 Å². The molecule has 2 N–H and O–H groups in total. The number of aryl methyl sites for hydroxylation is 2. The van der Waals surface area contributed by atoms with Gasteiger partial charge in [-0.3, -0.25) is 4.79 Å². The van der Waals surface area contributed by atoms with Gasteiger partial charge in [-0.2, -0.15) is 0 Å². The average molecular weight is 256 g/mol. The first-order valence-corrected chi connectivity index (χ1v) is 6.60. The van der Waals surface area contributed by atoms with Crippen LogP contribution in [-0.2, 0) is 17.6 Å². The minimum absolute atomic E-state index is 0.0765. The maximum Gasteiger partial charge on any atom is 0.224 e. The first-order valence-electron chi connectivity index (χ1n) is 6.60. The maximum absolute atomic E-state index is 11.8. The zero-order valence-electron chi connectivity index (χ0n) is 11.5. The summed E-state index contributed by atoms with van der Waals surface area (Å²) in [5, 5.41) is 2.96. The standard InChI is InChI=1S/C16H20N2O/c1-12-5-3-4-6-15(12)7-8-17-16(19)10-14-9-13(2)18-11-14/h3-6,9,11,18H,7-8,10H2,1-2H3,(H,17,19). The molecule has 0 aliphatic carbocycles. The van der Waals surface area contributed by atoms with E-state index in [0.29, 0.717) is 13.0 Å². The predicted molar refractivity (Wildman–Crippen MR) is 77.1 cm³/mol. The Morgan fingerprint density at radius 3 is 2.74 bits per heavy atom. The molecule has 0 saturated carbocycles. The van der Waals surface area contributed by atoms with Crippen molar-refractivity contribution in [2.75, 3.05) is 6.54 Å². The molecule has 0 spiro atoms. The molecule has 2 aromatic rings. The van der Waals surface area contributed by atoms with Crippen molar-refractivity contribution in [1.29, 1.82) is 0 Å². The highest BCUT2D eigenvalue weighted by atomic mass is 16.1. The summed E-state index contributed by atoms with van der Waals surface area (Å²) < 4.78 is 0. The summed E-state index contributed by atoms with van der Waals surface area (Å²) in [4.78, 5) is 14.9. The second-order valence-electron chi connectivity index (χ2n) is 4.89. The number of aromatic nitrogens is 1. The lowest BCUT2D eigenvalue weighted by Crippen LogP contribution is -2.27. The van der Waals surface area contributed by atoms with Crippen LogP contribution in [0.3, 0.4) is 0 Å². The molecule has 1 amide bonds. The lowest BCUT2D eigenvalue weighted by Gasteiger charge is -2.07. The molecular formula is C16H20N2O. The Labute approximate surface area is 114 Å². The highest BCUT2D eigenvalue weighted by molar-refractivity contribution is 5.78. The molecule has 2 rings (SSSR count). The normalized spacial score (nSPS) is 10.4. The van der Waals surface area contributed by atoms with Crippen LogP contribution in [0.15, 0.2) is 36.5 Å². The van der Waals surface area contributed by atoms with Crippen molar-refractivity contribution in [1.82, 2.24) is 10.3 Å². The van der Waals surface area contributed by atoms with Gasteiger partial charge in [0, 0.05) is 18.4 Å². The smallest absolute Gasteiger partial charge is 0.224 e. The fourth-order valence-electron chi connectivity index (χ4n) is 2.15. The second-order valence-corrected chi connectivity index (χ2v) is 4.89. The molecule has 1 aromatic heterocycles. The van der Waals surface area contributed by atoms with Crippen LogP contribution in [-0.4, -0.2) is 17.4 Å². The van der Waals surface area contributed by atoms with Gasteiger partial charge in [-0.1, -0.05) is 24.3 Å². The van der Waals surface area contributed by atoms with Gasteiger partial charge in [-0.15, -0.1) is 0 Å². The van der Waals surface area contributed by atoms with Gasteiger partial charge in [0.15, 0.2) is 0 Å². The maximum atomic E-state index is 11.8. The van der Waals surface area contributed by atoms with Gasteiger partial charge in [0.1, 0.15) is 0 Å². The van der Waals surface area contributed by atoms with E-state index in [2.05, 4.69) is 29.4 Å². The Hall–Kier alpha value is -2.03. The van der Waals surface area contributed by atoms with E-state index >= 15 is 0 Å². The number of hydrogen-bond acceptors (Lipinski definition) is 1. The zero-order chi connectivity index (χ0) is 13.7. The molecule has 19 heavy (non-hydrogen) atoms. The van der Waals surface area contributed by atoms with Gasteiger partial charge in [0.2, 0.25) is 5.91 Å². The molecule has 3 nitrogen and oxygen atoms in total. The summed E-state index contributed by atoms with van der Waals surface area (Å²) in [5.41, 5.74) is 4.69. The third-order valence-electron chi connectivity index (χ3n) is 3.23. The van der Waals surface area contributed by atoms with E-state index in [-0.39, 0.29) is 5.91 Å². The third kappa shape index (κ3) is 3.98. The largest absolute Gasteiger partial charge is 0.365 e. The van der Waals surface area contributed by atoms with Crippen molar-refractivity contribution in [3.05, 3.63) is 58.9 Å². The number of H-pyrrole nitrogens is 1. The van der Waals surface area contributed by atoms with Crippen LogP contribution in [0.4, 0.5) is 0 Å². The van der Waals surface area contributed by atoms with E-state index in [0.717, 1.165) is 17.7 Å². The number of aromatic amines is 1. The number of benzene rings is 1. The Morgan fingerprint density at radius 1 is 1.26 bits per heavy atom. The van der Waals surface area contributed by atoms with Crippen molar-refractivity contribution in [3.63, 3.8) is 0 Å². The minimum Gasteiger partial charge on any atom is -0.365 e. The average Bonchev–Trinajstić information content (AvgIpc) is 2.77. The summed E-state index contributed by atoms with van der Waals surface area (Å²) in [6.07, 6.45) is 3.21. The van der Waals surface area contributed by atoms with Gasteiger partial charge in [0.05, 0.1) is 6.42 Å². The molecule has 100 valence electrons. The fourth-order valence-corrected chi connectivity index (χ4v) is 2.15. The molecule has 1 heterocycles. The quantitative estimate of drug-likeness (QED) is 0.848. The van der Waals surface area contributed by atoms with Crippen LogP contribution in [0.2, 0.25) is 0 Å². The summed E-state index contributed by atoms with van der Waals surface area (Å²) in [6.45, 7) is 4.77. The van der Waals surface area contributed by atoms with Crippen LogP contribution >= 0.6 is 0 Å². The molecule has 0 bridgehead atoms. The number of amides is 1. The van der Waals surface area contributed by atoms with E-state index in [4.69, 9.17) is 0 Å². The molecule has 0 aliphatic rings. The number of rotatable bonds is 5. The molecule has 0 unspecified atom stereocenters. The Balaban J connectivity index is 1.77. The van der Waals surface area contributed by atoms with Crippen molar-refractivity contribution in [2.45, 2.75) is 26.7 Å². The van der Waals surface area contributed by atoms with Crippen LogP contribution in [0, 0.1) is 13.8 Å². The monoisotopic (exact) mass is 256 g/mol. The highest BCUT2D eigenvalue weighted by Gasteiger charge is 2.04.